The Morgan fingerprint density at radius 2 is 2.36 bits per heavy atom. The average Bonchev–Trinajstić information content (AvgIpc) is 2.31. The number of hydrogen-bond acceptors (Lipinski definition) is 2. The molecule has 0 amide bonds. The van der Waals surface area contributed by atoms with E-state index >= 15 is 0 Å². The summed E-state index contributed by atoms with van der Waals surface area (Å²) in [5.41, 5.74) is 2.10. The molecule has 56 valence electrons. The topological polar surface area (TPSA) is 30.2 Å². The molecule has 0 saturated heterocycles. The molecular weight excluding hydrogens is 253 g/mol. The molecule has 0 aliphatic carbocycles. The Hall–Kier alpha value is -0.650. The number of rotatable bonds is 0. The summed E-state index contributed by atoms with van der Waals surface area (Å²) < 4.78 is 2.83. The van der Waals surface area contributed by atoms with Crippen molar-refractivity contribution in [3.63, 3.8) is 0 Å². The van der Waals surface area contributed by atoms with Crippen molar-refractivity contribution in [3.8, 4) is 0 Å². The molecule has 0 aliphatic heterocycles. The van der Waals surface area contributed by atoms with Crippen LogP contribution in [0, 0.1) is 10.6 Å². The maximum absolute atomic E-state index is 4.25. The second-order valence-corrected chi connectivity index (χ2v) is 3.36. The monoisotopic (exact) mass is 259 g/mol. The molecule has 2 heterocycles. The van der Waals surface area contributed by atoms with Crippen molar-refractivity contribution in [1.82, 2.24) is 14.6 Å². The summed E-state index contributed by atoms with van der Waals surface area (Å²) in [4.78, 5) is 4.15. The first-order valence-corrected chi connectivity index (χ1v) is 4.32. The van der Waals surface area contributed by atoms with Gasteiger partial charge in [0, 0.05) is 12.4 Å². The number of aromatic nitrogens is 3. The van der Waals surface area contributed by atoms with E-state index in [9.17, 15) is 0 Å². The van der Waals surface area contributed by atoms with E-state index in [1.165, 1.54) is 0 Å². The van der Waals surface area contributed by atoms with Gasteiger partial charge in [0.25, 0.3) is 0 Å². The van der Waals surface area contributed by atoms with Crippen LogP contribution in [0.15, 0.2) is 18.5 Å². The molecule has 0 N–H and O–H groups in total. The summed E-state index contributed by atoms with van der Waals surface area (Å²) in [5, 5.41) is 4.25. The van der Waals surface area contributed by atoms with Gasteiger partial charge in [-0.2, -0.15) is 5.10 Å². The van der Waals surface area contributed by atoms with Crippen LogP contribution in [0.2, 0.25) is 0 Å². The first-order chi connectivity index (χ1) is 5.27. The minimum atomic E-state index is 0.991. The lowest BCUT2D eigenvalue weighted by Gasteiger charge is -1.91. The smallest absolute Gasteiger partial charge is 0.127 e. The maximum Gasteiger partial charge on any atom is 0.127 e. The zero-order chi connectivity index (χ0) is 7.84. The Balaban J connectivity index is 2.90. The highest BCUT2D eigenvalue weighted by Crippen LogP contribution is 2.10. The molecule has 0 atom stereocenters. The Kier molecular flexibility index (Phi) is 1.56. The van der Waals surface area contributed by atoms with Crippen molar-refractivity contribution in [2.24, 2.45) is 0 Å². The average molecular weight is 259 g/mol. The van der Waals surface area contributed by atoms with Crippen molar-refractivity contribution in [2.45, 2.75) is 6.92 Å². The quantitative estimate of drug-likeness (QED) is 0.673. The molecule has 2 aromatic rings. The summed E-state index contributed by atoms with van der Waals surface area (Å²) in [6.45, 7) is 1.98. The molecule has 11 heavy (non-hydrogen) atoms. The minimum absolute atomic E-state index is 0.991. The number of hydrogen-bond donors (Lipinski definition) is 0. The van der Waals surface area contributed by atoms with Crippen LogP contribution in [0.3, 0.4) is 0 Å². The van der Waals surface area contributed by atoms with Gasteiger partial charge in [-0.15, -0.1) is 0 Å². The number of aryl methyl sites for hydroxylation is 1. The van der Waals surface area contributed by atoms with Crippen molar-refractivity contribution < 1.29 is 0 Å². The third-order valence-electron chi connectivity index (χ3n) is 1.47. The predicted molar refractivity (Wildman–Crippen MR) is 50.4 cm³/mol. The van der Waals surface area contributed by atoms with Crippen LogP contribution in [0.5, 0.6) is 0 Å². The van der Waals surface area contributed by atoms with Gasteiger partial charge in [0.05, 0.1) is 11.2 Å². The van der Waals surface area contributed by atoms with Crippen molar-refractivity contribution in [2.75, 3.05) is 0 Å². The largest absolute Gasteiger partial charge is 0.246 e. The first kappa shape index (κ1) is 7.02. The van der Waals surface area contributed by atoms with Gasteiger partial charge in [-0.3, -0.25) is 0 Å². The van der Waals surface area contributed by atoms with Crippen molar-refractivity contribution >= 4 is 28.1 Å². The normalized spacial score (nSPS) is 10.7. The van der Waals surface area contributed by atoms with Crippen LogP contribution in [0.4, 0.5) is 0 Å². The van der Waals surface area contributed by atoms with E-state index in [1.54, 1.807) is 6.20 Å². The molecule has 3 nitrogen and oxygen atoms in total. The van der Waals surface area contributed by atoms with Gasteiger partial charge in [0.1, 0.15) is 3.70 Å². The van der Waals surface area contributed by atoms with Crippen molar-refractivity contribution in [3.05, 3.63) is 27.9 Å². The van der Waals surface area contributed by atoms with Crippen LogP contribution in [-0.2, 0) is 0 Å². The van der Waals surface area contributed by atoms with Crippen LogP contribution < -0.4 is 0 Å². The van der Waals surface area contributed by atoms with E-state index in [0.29, 0.717) is 0 Å². The second-order valence-electron chi connectivity index (χ2n) is 2.33. The molecule has 0 aliphatic rings. The highest BCUT2D eigenvalue weighted by atomic mass is 127. The predicted octanol–water partition coefficient (Wildman–Crippen LogP) is 1.64. The lowest BCUT2D eigenvalue weighted by molar-refractivity contribution is 0.917. The van der Waals surface area contributed by atoms with Gasteiger partial charge < -0.3 is 0 Å². The van der Waals surface area contributed by atoms with Gasteiger partial charge in [0.15, 0.2) is 0 Å². The molecule has 0 bridgehead atoms. The fourth-order valence-electron chi connectivity index (χ4n) is 1.01. The molecule has 0 aromatic carbocycles. The number of fused-ring (bicyclic) bond motifs is 1. The number of nitrogens with zero attached hydrogens (tertiary/aromatic N) is 3. The van der Waals surface area contributed by atoms with Gasteiger partial charge in [-0.05, 0) is 35.6 Å². The van der Waals surface area contributed by atoms with Crippen LogP contribution >= 0.6 is 22.6 Å². The zero-order valence-electron chi connectivity index (χ0n) is 5.95. The highest BCUT2D eigenvalue weighted by Gasteiger charge is 2.00. The van der Waals surface area contributed by atoms with E-state index in [1.807, 2.05) is 23.7 Å². The molecule has 0 unspecified atom stereocenters. The van der Waals surface area contributed by atoms with Gasteiger partial charge in [-0.1, -0.05) is 0 Å². The van der Waals surface area contributed by atoms with E-state index < -0.39 is 0 Å². The Morgan fingerprint density at radius 3 is 3.09 bits per heavy atom. The SMILES string of the molecule is Cc1cc2c(I)nccn2n1. The van der Waals surface area contributed by atoms with Crippen LogP contribution in [0.1, 0.15) is 5.69 Å². The fourth-order valence-corrected chi connectivity index (χ4v) is 1.58. The minimum Gasteiger partial charge on any atom is -0.246 e. The van der Waals surface area contributed by atoms with E-state index in [0.717, 1.165) is 14.9 Å². The molecule has 0 fully saturated rings. The second kappa shape index (κ2) is 2.44. The molecule has 2 aromatic heterocycles. The lowest BCUT2D eigenvalue weighted by atomic mass is 10.4. The Bertz CT molecular complexity index is 393. The summed E-state index contributed by atoms with van der Waals surface area (Å²) in [6.07, 6.45) is 3.60. The fraction of sp³-hybridized carbons (Fsp3) is 0.143. The van der Waals surface area contributed by atoms with Gasteiger partial charge in [0.2, 0.25) is 0 Å². The highest BCUT2D eigenvalue weighted by molar-refractivity contribution is 14.1. The van der Waals surface area contributed by atoms with E-state index in [2.05, 4.69) is 32.7 Å². The lowest BCUT2D eigenvalue weighted by Crippen LogP contribution is -1.90. The number of halogens is 1. The molecular formula is C7H6IN3. The Morgan fingerprint density at radius 1 is 1.55 bits per heavy atom. The molecule has 4 heteroatoms. The summed E-state index contributed by atoms with van der Waals surface area (Å²) in [5.74, 6) is 0. The van der Waals surface area contributed by atoms with Gasteiger partial charge in [-0.25, -0.2) is 9.50 Å². The van der Waals surface area contributed by atoms with Crippen molar-refractivity contribution in [1.29, 1.82) is 0 Å². The van der Waals surface area contributed by atoms with Gasteiger partial charge >= 0.3 is 0 Å². The summed E-state index contributed by atoms with van der Waals surface area (Å²) in [7, 11) is 0. The molecule has 0 saturated carbocycles. The first-order valence-electron chi connectivity index (χ1n) is 3.24. The molecule has 2 rings (SSSR count). The van der Waals surface area contributed by atoms with E-state index in [-0.39, 0.29) is 0 Å². The van der Waals surface area contributed by atoms with Crippen LogP contribution in [-0.4, -0.2) is 14.6 Å². The standard InChI is InChI=1S/C7H6IN3/c1-5-4-6-7(8)9-2-3-11(6)10-5/h2-4H,1H3. The summed E-state index contributed by atoms with van der Waals surface area (Å²) in [6, 6.07) is 2.02. The van der Waals surface area contributed by atoms with Crippen LogP contribution in [0.25, 0.3) is 5.52 Å². The zero-order valence-corrected chi connectivity index (χ0v) is 8.11. The molecule has 0 spiro atoms. The third-order valence-corrected chi connectivity index (χ3v) is 2.30. The Labute approximate surface area is 77.6 Å². The maximum atomic E-state index is 4.25. The summed E-state index contributed by atoms with van der Waals surface area (Å²) >= 11 is 2.20. The van der Waals surface area contributed by atoms with E-state index in [4.69, 9.17) is 0 Å². The third kappa shape index (κ3) is 1.11. The molecule has 0 radical (unpaired) electrons.